The molecule has 4 heteroatoms. The first-order chi connectivity index (χ1) is 26.6. The van der Waals surface area contributed by atoms with E-state index < -0.39 is 0 Å². The second kappa shape index (κ2) is 13.8. The predicted molar refractivity (Wildman–Crippen MR) is 219 cm³/mol. The lowest BCUT2D eigenvalue weighted by Crippen LogP contribution is -1.96. The maximum Gasteiger partial charge on any atom is 0.0991 e. The molecule has 2 heterocycles. The Labute approximate surface area is 313 Å². The molecule has 0 radical (unpaired) electrons. The highest BCUT2D eigenvalue weighted by Gasteiger charge is 2.18. The number of benzene rings is 7. The molecule has 0 saturated heterocycles. The fourth-order valence-corrected chi connectivity index (χ4v) is 7.19. The van der Waals surface area contributed by atoms with E-state index in [1.165, 1.54) is 0 Å². The minimum atomic E-state index is 0.570. The molecule has 0 aliphatic rings. The van der Waals surface area contributed by atoms with Gasteiger partial charge in [-0.15, -0.1) is 0 Å². The summed E-state index contributed by atoms with van der Waals surface area (Å²) in [6.07, 6.45) is 0. The number of fused-ring (bicyclic) bond motifs is 3. The molecule has 250 valence electrons. The largest absolute Gasteiger partial charge is 0.245 e. The minimum Gasteiger partial charge on any atom is -0.245 e. The van der Waals surface area contributed by atoms with Crippen LogP contribution in [0.2, 0.25) is 0 Å². The van der Waals surface area contributed by atoms with Gasteiger partial charge in [0.05, 0.1) is 45.7 Å². The summed E-state index contributed by atoms with van der Waals surface area (Å²) >= 11 is 0. The molecule has 54 heavy (non-hydrogen) atoms. The maximum absolute atomic E-state index is 9.77. The van der Waals surface area contributed by atoms with E-state index in [1.54, 1.807) is 0 Å². The average molecular weight is 687 g/mol. The van der Waals surface area contributed by atoms with E-state index in [0.717, 1.165) is 88.8 Å². The van der Waals surface area contributed by atoms with Gasteiger partial charge in [0.25, 0.3) is 0 Å². The topological polar surface area (TPSA) is 73.4 Å². The fraction of sp³-hybridized carbons (Fsp3) is 0. The van der Waals surface area contributed by atoms with Gasteiger partial charge >= 0.3 is 0 Å². The van der Waals surface area contributed by atoms with Crippen LogP contribution in [-0.2, 0) is 0 Å². The monoisotopic (exact) mass is 686 g/mol. The second-order valence-corrected chi connectivity index (χ2v) is 13.2. The van der Waals surface area contributed by atoms with Crippen LogP contribution >= 0.6 is 0 Å². The summed E-state index contributed by atoms with van der Waals surface area (Å²) in [5.41, 5.74) is 14.6. The number of nitriles is 2. The predicted octanol–water partition coefficient (Wildman–Crippen LogP) is 12.5. The first-order valence-corrected chi connectivity index (χ1v) is 17.8. The first kappa shape index (κ1) is 32.3. The molecule has 9 rings (SSSR count). The van der Waals surface area contributed by atoms with Crippen molar-refractivity contribution in [1.29, 1.82) is 10.5 Å². The van der Waals surface area contributed by atoms with E-state index in [4.69, 9.17) is 9.97 Å². The number of hydrogen-bond acceptors (Lipinski definition) is 4. The smallest absolute Gasteiger partial charge is 0.0991 e. The van der Waals surface area contributed by atoms with Gasteiger partial charge in [-0.2, -0.15) is 10.5 Å². The van der Waals surface area contributed by atoms with Gasteiger partial charge in [-0.25, -0.2) is 9.97 Å². The first-order valence-electron chi connectivity index (χ1n) is 17.8. The Morgan fingerprint density at radius 1 is 0.315 bits per heavy atom. The highest BCUT2D eigenvalue weighted by molar-refractivity contribution is 6.13. The molecule has 9 aromatic rings. The second-order valence-electron chi connectivity index (χ2n) is 13.2. The van der Waals surface area contributed by atoms with E-state index in [-0.39, 0.29) is 0 Å². The van der Waals surface area contributed by atoms with Crippen LogP contribution < -0.4 is 0 Å². The molecule has 0 saturated carbocycles. The van der Waals surface area contributed by atoms with Crippen molar-refractivity contribution in [1.82, 2.24) is 9.97 Å². The van der Waals surface area contributed by atoms with Crippen molar-refractivity contribution in [2.24, 2.45) is 0 Å². The lowest BCUT2D eigenvalue weighted by Gasteiger charge is -2.16. The number of rotatable bonds is 6. The lowest BCUT2D eigenvalue weighted by molar-refractivity contribution is 1.36. The van der Waals surface area contributed by atoms with Crippen LogP contribution in [0, 0.1) is 22.7 Å². The molecule has 0 aliphatic heterocycles. The quantitative estimate of drug-likeness (QED) is 0.163. The molecular weight excluding hydrogens is 657 g/mol. The van der Waals surface area contributed by atoms with Crippen molar-refractivity contribution in [3.8, 4) is 79.2 Å². The van der Waals surface area contributed by atoms with E-state index in [9.17, 15) is 10.5 Å². The van der Waals surface area contributed by atoms with Gasteiger partial charge in [-0.05, 0) is 80.9 Å². The molecule has 0 atom stereocenters. The van der Waals surface area contributed by atoms with Crippen molar-refractivity contribution in [3.05, 3.63) is 193 Å². The van der Waals surface area contributed by atoms with Crippen LogP contribution in [0.25, 0.3) is 88.8 Å². The van der Waals surface area contributed by atoms with Crippen molar-refractivity contribution in [2.45, 2.75) is 0 Å². The van der Waals surface area contributed by atoms with E-state index in [2.05, 4.69) is 133 Å². The standard InChI is InChI=1S/C50H30N4/c51-31-33-9-7-15-41(27-33)47-29-45(39-21-17-37(18-22-39)35-11-3-1-4-12-35)43-25-26-44-46(40-23-19-38(20-24-40)36-13-5-2-6-14-36)30-48(54-50(44)49(43)53-47)42-16-8-10-34(28-42)32-52/h1-30H. The van der Waals surface area contributed by atoms with Crippen molar-refractivity contribution in [2.75, 3.05) is 0 Å². The van der Waals surface area contributed by atoms with Crippen LogP contribution in [0.15, 0.2) is 182 Å². The van der Waals surface area contributed by atoms with Gasteiger partial charge in [0.2, 0.25) is 0 Å². The molecule has 0 amide bonds. The Hall–Kier alpha value is -7.66. The SMILES string of the molecule is N#Cc1cccc(-c2cc(-c3ccc(-c4ccccc4)cc3)c3ccc4c(-c5ccc(-c6ccccc6)cc5)cc(-c5cccc(C#N)c5)nc4c3n2)c1. The van der Waals surface area contributed by atoms with Crippen molar-refractivity contribution < 1.29 is 0 Å². The minimum absolute atomic E-state index is 0.570. The molecule has 0 unspecified atom stereocenters. The van der Waals surface area contributed by atoms with Crippen LogP contribution in [0.4, 0.5) is 0 Å². The number of aromatic nitrogens is 2. The third kappa shape index (κ3) is 6.05. The van der Waals surface area contributed by atoms with E-state index >= 15 is 0 Å². The van der Waals surface area contributed by atoms with Crippen LogP contribution in [0.1, 0.15) is 11.1 Å². The Balaban J connectivity index is 1.31. The molecule has 0 aliphatic carbocycles. The Morgan fingerprint density at radius 3 is 1.06 bits per heavy atom. The van der Waals surface area contributed by atoms with E-state index in [1.807, 2.05) is 60.7 Å². The summed E-state index contributed by atoms with van der Waals surface area (Å²) in [5.74, 6) is 0. The summed E-state index contributed by atoms with van der Waals surface area (Å²) in [6, 6.07) is 66.3. The highest BCUT2D eigenvalue weighted by Crippen LogP contribution is 2.40. The van der Waals surface area contributed by atoms with Crippen LogP contribution in [-0.4, -0.2) is 9.97 Å². The average Bonchev–Trinajstić information content (AvgIpc) is 3.26. The van der Waals surface area contributed by atoms with Gasteiger partial charge < -0.3 is 0 Å². The molecule has 7 aromatic carbocycles. The Kier molecular flexibility index (Phi) is 8.25. The lowest BCUT2D eigenvalue weighted by atomic mass is 9.92. The zero-order valence-corrected chi connectivity index (χ0v) is 29.1. The maximum atomic E-state index is 9.77. The summed E-state index contributed by atoms with van der Waals surface area (Å²) in [7, 11) is 0. The van der Waals surface area contributed by atoms with Crippen LogP contribution in [0.3, 0.4) is 0 Å². The normalized spacial score (nSPS) is 10.9. The van der Waals surface area contributed by atoms with Crippen molar-refractivity contribution in [3.63, 3.8) is 0 Å². The third-order valence-electron chi connectivity index (χ3n) is 9.94. The summed E-state index contributed by atoms with van der Waals surface area (Å²) < 4.78 is 0. The van der Waals surface area contributed by atoms with Crippen molar-refractivity contribution >= 4 is 21.8 Å². The summed E-state index contributed by atoms with van der Waals surface area (Å²) in [5, 5.41) is 21.5. The molecular formula is C50H30N4. The molecule has 4 nitrogen and oxygen atoms in total. The summed E-state index contributed by atoms with van der Waals surface area (Å²) in [4.78, 5) is 10.7. The number of pyridine rings is 2. The van der Waals surface area contributed by atoms with Gasteiger partial charge in [0, 0.05) is 21.9 Å². The van der Waals surface area contributed by atoms with Gasteiger partial charge in [-0.3, -0.25) is 0 Å². The van der Waals surface area contributed by atoms with Gasteiger partial charge in [0.1, 0.15) is 0 Å². The third-order valence-corrected chi connectivity index (χ3v) is 9.94. The molecule has 0 N–H and O–H groups in total. The fourth-order valence-electron chi connectivity index (χ4n) is 7.19. The zero-order chi connectivity index (χ0) is 36.4. The molecule has 0 spiro atoms. The molecule has 2 aromatic heterocycles. The molecule has 0 fully saturated rings. The van der Waals surface area contributed by atoms with Gasteiger partial charge in [-0.1, -0.05) is 146 Å². The molecule has 0 bridgehead atoms. The Bertz CT molecular complexity index is 2720. The van der Waals surface area contributed by atoms with E-state index in [0.29, 0.717) is 11.1 Å². The van der Waals surface area contributed by atoms with Gasteiger partial charge in [0.15, 0.2) is 0 Å². The number of nitrogens with zero attached hydrogens (tertiary/aromatic N) is 4. The zero-order valence-electron chi connectivity index (χ0n) is 29.1. The Morgan fingerprint density at radius 2 is 0.667 bits per heavy atom. The van der Waals surface area contributed by atoms with Crippen LogP contribution in [0.5, 0.6) is 0 Å². The number of hydrogen-bond donors (Lipinski definition) is 0. The summed E-state index contributed by atoms with van der Waals surface area (Å²) in [6.45, 7) is 0. The highest BCUT2D eigenvalue weighted by atomic mass is 14.8.